The average molecular weight is 555 g/mol. The fourth-order valence-corrected chi connectivity index (χ4v) is 6.44. The zero-order valence-corrected chi connectivity index (χ0v) is 22.2. The van der Waals surface area contributed by atoms with Crippen molar-refractivity contribution in [2.75, 3.05) is 5.32 Å². The molecule has 182 valence electrons. The molecule has 0 fully saturated rings. The van der Waals surface area contributed by atoms with Crippen molar-refractivity contribution in [1.82, 2.24) is 5.32 Å². The van der Waals surface area contributed by atoms with Gasteiger partial charge in [0, 0.05) is 21.0 Å². The van der Waals surface area contributed by atoms with E-state index >= 15 is 0 Å². The highest BCUT2D eigenvalue weighted by molar-refractivity contribution is 9.10. The number of carbonyl (C=O) groups excluding carboxylic acids is 2. The molecular weight excluding hydrogens is 528 g/mol. The molecule has 0 radical (unpaired) electrons. The SMILES string of the molecule is CC(C)(C)[C@@H]1CCc2c(sc3c2C(=O)N[C@@H](c2cc(Br)ccc2OC(=O)/C=C/c2ccco2)N3)C1. The number of benzene rings is 1. The molecule has 2 N–H and O–H groups in total. The highest BCUT2D eigenvalue weighted by Crippen LogP contribution is 2.46. The van der Waals surface area contributed by atoms with Crippen LogP contribution in [0.25, 0.3) is 6.08 Å². The number of fused-ring (bicyclic) bond motifs is 3. The standard InChI is InChI=1S/C27H27BrN2O4S/c1-27(2,3)15-6-9-18-21(13-15)35-26-23(18)25(32)29-24(30-26)19-14-16(28)7-10-20(19)34-22(31)11-8-17-5-4-12-33-17/h4-5,7-8,10-12,14-15,24,30H,6,9,13H2,1-3H3,(H,29,32)/b11-8+/t15-,24-/m1/s1. The van der Waals surface area contributed by atoms with Gasteiger partial charge in [-0.3, -0.25) is 4.79 Å². The quantitative estimate of drug-likeness (QED) is 0.212. The second-order valence-electron chi connectivity index (χ2n) is 10.0. The normalized spacial score (nSPS) is 19.6. The van der Waals surface area contributed by atoms with Crippen molar-refractivity contribution >= 4 is 50.2 Å². The molecule has 1 aromatic carbocycles. The molecule has 35 heavy (non-hydrogen) atoms. The number of nitrogens with one attached hydrogen (secondary N) is 2. The first-order chi connectivity index (χ1) is 16.7. The summed E-state index contributed by atoms with van der Waals surface area (Å²) in [5.74, 6) is 0.900. The lowest BCUT2D eigenvalue weighted by molar-refractivity contribution is -0.128. The maximum atomic E-state index is 13.2. The van der Waals surface area contributed by atoms with Crippen LogP contribution < -0.4 is 15.4 Å². The minimum atomic E-state index is -0.535. The zero-order chi connectivity index (χ0) is 24.7. The molecule has 3 aromatic rings. The summed E-state index contributed by atoms with van der Waals surface area (Å²) in [7, 11) is 0. The number of carbonyl (C=O) groups is 2. The van der Waals surface area contributed by atoms with Crippen LogP contribution in [-0.2, 0) is 17.6 Å². The van der Waals surface area contributed by atoms with Gasteiger partial charge in [-0.05, 0) is 72.6 Å². The summed E-state index contributed by atoms with van der Waals surface area (Å²) in [6.07, 6.45) is 6.89. The fourth-order valence-electron chi connectivity index (χ4n) is 4.71. The highest BCUT2D eigenvalue weighted by atomic mass is 79.9. The fraction of sp³-hybridized carbons (Fsp3) is 0.333. The number of rotatable bonds is 4. The Hall–Kier alpha value is -2.84. The van der Waals surface area contributed by atoms with Crippen molar-refractivity contribution in [3.05, 3.63) is 74.5 Å². The van der Waals surface area contributed by atoms with Crippen molar-refractivity contribution in [1.29, 1.82) is 0 Å². The van der Waals surface area contributed by atoms with Gasteiger partial charge in [-0.15, -0.1) is 11.3 Å². The third kappa shape index (κ3) is 4.95. The van der Waals surface area contributed by atoms with Crippen LogP contribution in [0.15, 0.2) is 51.6 Å². The molecule has 0 saturated carbocycles. The first kappa shape index (κ1) is 23.9. The van der Waals surface area contributed by atoms with E-state index in [2.05, 4.69) is 47.3 Å². The summed E-state index contributed by atoms with van der Waals surface area (Å²) in [5, 5.41) is 7.45. The summed E-state index contributed by atoms with van der Waals surface area (Å²) in [6, 6.07) is 8.86. The third-order valence-corrected chi connectivity index (χ3v) is 8.37. The van der Waals surface area contributed by atoms with Gasteiger partial charge in [0.1, 0.15) is 22.7 Å². The predicted molar refractivity (Wildman–Crippen MR) is 141 cm³/mol. The third-order valence-electron chi connectivity index (χ3n) is 6.69. The summed E-state index contributed by atoms with van der Waals surface area (Å²) >= 11 is 5.18. The van der Waals surface area contributed by atoms with Gasteiger partial charge in [-0.1, -0.05) is 36.7 Å². The van der Waals surface area contributed by atoms with Gasteiger partial charge in [-0.2, -0.15) is 0 Å². The van der Waals surface area contributed by atoms with Crippen LogP contribution in [-0.4, -0.2) is 11.9 Å². The van der Waals surface area contributed by atoms with Gasteiger partial charge < -0.3 is 19.8 Å². The molecule has 2 aliphatic rings. The Bertz CT molecular complexity index is 1300. The smallest absolute Gasteiger partial charge is 0.336 e. The van der Waals surface area contributed by atoms with Gasteiger partial charge in [0.2, 0.25) is 0 Å². The molecule has 5 rings (SSSR count). The summed E-state index contributed by atoms with van der Waals surface area (Å²) in [6.45, 7) is 6.87. The van der Waals surface area contributed by atoms with Crippen LogP contribution in [0.1, 0.15) is 65.5 Å². The molecule has 3 heterocycles. The first-order valence-corrected chi connectivity index (χ1v) is 13.2. The molecule has 2 atom stereocenters. The highest BCUT2D eigenvalue weighted by Gasteiger charge is 2.37. The number of esters is 1. The Kier molecular flexibility index (Phi) is 6.36. The average Bonchev–Trinajstić information content (AvgIpc) is 3.45. The Morgan fingerprint density at radius 1 is 1.26 bits per heavy atom. The van der Waals surface area contributed by atoms with Crippen molar-refractivity contribution in [2.24, 2.45) is 11.3 Å². The monoisotopic (exact) mass is 554 g/mol. The van der Waals surface area contributed by atoms with E-state index in [0.717, 1.165) is 34.3 Å². The summed E-state index contributed by atoms with van der Waals surface area (Å²) in [5.41, 5.74) is 2.85. The van der Waals surface area contributed by atoms with Crippen LogP contribution in [0, 0.1) is 11.3 Å². The molecule has 0 saturated heterocycles. The molecule has 1 aliphatic carbocycles. The van der Waals surface area contributed by atoms with Crippen LogP contribution >= 0.6 is 27.3 Å². The predicted octanol–water partition coefficient (Wildman–Crippen LogP) is 6.73. The Morgan fingerprint density at radius 2 is 2.09 bits per heavy atom. The zero-order valence-electron chi connectivity index (χ0n) is 19.8. The van der Waals surface area contributed by atoms with E-state index < -0.39 is 12.1 Å². The van der Waals surface area contributed by atoms with E-state index in [1.807, 2.05) is 6.07 Å². The molecule has 2 aromatic heterocycles. The topological polar surface area (TPSA) is 80.6 Å². The summed E-state index contributed by atoms with van der Waals surface area (Å²) in [4.78, 5) is 27.0. The second-order valence-corrected chi connectivity index (χ2v) is 12.0. The summed E-state index contributed by atoms with van der Waals surface area (Å²) < 4.78 is 11.7. The minimum absolute atomic E-state index is 0.0922. The maximum Gasteiger partial charge on any atom is 0.336 e. The maximum absolute atomic E-state index is 13.2. The number of furan rings is 1. The number of anilines is 1. The van der Waals surface area contributed by atoms with E-state index in [1.54, 1.807) is 41.7 Å². The lowest BCUT2D eigenvalue weighted by Crippen LogP contribution is -2.38. The molecule has 6 nitrogen and oxygen atoms in total. The van der Waals surface area contributed by atoms with Gasteiger partial charge >= 0.3 is 5.97 Å². The lowest BCUT2D eigenvalue weighted by Gasteiger charge is -2.34. The van der Waals surface area contributed by atoms with Gasteiger partial charge in [0.05, 0.1) is 11.8 Å². The molecule has 0 unspecified atom stereocenters. The minimum Gasteiger partial charge on any atom is -0.465 e. The molecule has 8 heteroatoms. The van der Waals surface area contributed by atoms with Crippen LogP contribution in [0.4, 0.5) is 5.00 Å². The van der Waals surface area contributed by atoms with Gasteiger partial charge in [0.25, 0.3) is 5.91 Å². The van der Waals surface area contributed by atoms with E-state index in [4.69, 9.17) is 9.15 Å². The van der Waals surface area contributed by atoms with Crippen molar-refractivity contribution in [3.8, 4) is 5.75 Å². The lowest BCUT2D eigenvalue weighted by atomic mass is 9.72. The molecular formula is C27H27BrN2O4S. The first-order valence-electron chi connectivity index (χ1n) is 11.6. The van der Waals surface area contributed by atoms with Crippen LogP contribution in [0.2, 0.25) is 0 Å². The van der Waals surface area contributed by atoms with E-state index in [1.165, 1.54) is 22.8 Å². The largest absolute Gasteiger partial charge is 0.465 e. The van der Waals surface area contributed by atoms with Gasteiger partial charge in [0.15, 0.2) is 0 Å². The molecule has 1 amide bonds. The van der Waals surface area contributed by atoms with Crippen molar-refractivity contribution in [2.45, 2.75) is 46.2 Å². The Labute approximate surface area is 216 Å². The molecule has 1 aliphatic heterocycles. The van der Waals surface area contributed by atoms with E-state index in [9.17, 15) is 9.59 Å². The number of amides is 1. The van der Waals surface area contributed by atoms with Crippen LogP contribution in [0.5, 0.6) is 5.75 Å². The Balaban J connectivity index is 1.40. The molecule has 0 bridgehead atoms. The molecule has 0 spiro atoms. The number of hydrogen-bond acceptors (Lipinski definition) is 6. The second kappa shape index (κ2) is 9.32. The van der Waals surface area contributed by atoms with E-state index in [-0.39, 0.29) is 11.3 Å². The Morgan fingerprint density at radius 3 is 2.83 bits per heavy atom. The number of halogens is 1. The van der Waals surface area contributed by atoms with Crippen LogP contribution in [0.3, 0.4) is 0 Å². The number of thiophene rings is 1. The van der Waals surface area contributed by atoms with Gasteiger partial charge in [-0.25, -0.2) is 4.79 Å². The van der Waals surface area contributed by atoms with Crippen molar-refractivity contribution in [3.63, 3.8) is 0 Å². The number of ether oxygens (including phenoxy) is 1. The van der Waals surface area contributed by atoms with E-state index in [0.29, 0.717) is 23.0 Å². The number of hydrogen-bond donors (Lipinski definition) is 2. The van der Waals surface area contributed by atoms with Crippen molar-refractivity contribution < 1.29 is 18.7 Å².